The van der Waals surface area contributed by atoms with Gasteiger partial charge in [0.2, 0.25) is 0 Å². The number of rotatable bonds is 6. The Morgan fingerprint density at radius 2 is 2.36 bits per heavy atom. The van der Waals surface area contributed by atoms with Crippen molar-refractivity contribution < 1.29 is 0 Å². The Balaban J connectivity index is 2.61. The van der Waals surface area contributed by atoms with Gasteiger partial charge >= 0.3 is 0 Å². The molecule has 0 aliphatic heterocycles. The molecule has 2 nitrogen and oxygen atoms in total. The zero-order valence-electron chi connectivity index (χ0n) is 9.24. The van der Waals surface area contributed by atoms with E-state index in [2.05, 4.69) is 36.4 Å². The van der Waals surface area contributed by atoms with Crippen LogP contribution in [0.2, 0.25) is 0 Å². The summed E-state index contributed by atoms with van der Waals surface area (Å²) >= 11 is 0. The number of aromatic nitrogens is 2. The number of aryl methyl sites for hydroxylation is 1. The molecule has 0 aliphatic rings. The first-order valence-corrected chi connectivity index (χ1v) is 5.39. The van der Waals surface area contributed by atoms with Gasteiger partial charge in [-0.25, -0.2) is 0 Å². The fourth-order valence-electron chi connectivity index (χ4n) is 1.69. The molecule has 0 amide bonds. The molecular formula is C12H20N2. The third-order valence-corrected chi connectivity index (χ3v) is 2.43. The minimum absolute atomic E-state index is 0.548. The van der Waals surface area contributed by atoms with Gasteiger partial charge in [-0.15, -0.1) is 6.58 Å². The maximum atomic E-state index is 4.37. The quantitative estimate of drug-likeness (QED) is 0.631. The first-order chi connectivity index (χ1) is 6.77. The molecule has 1 rings (SSSR count). The van der Waals surface area contributed by atoms with E-state index in [9.17, 15) is 0 Å². The van der Waals surface area contributed by atoms with Crippen molar-refractivity contribution in [3.63, 3.8) is 0 Å². The van der Waals surface area contributed by atoms with Crippen molar-refractivity contribution in [2.24, 2.45) is 0 Å². The van der Waals surface area contributed by atoms with Gasteiger partial charge in [-0.3, -0.25) is 4.68 Å². The number of hydrogen-bond acceptors (Lipinski definition) is 1. The summed E-state index contributed by atoms with van der Waals surface area (Å²) in [5.74, 6) is 0. The van der Waals surface area contributed by atoms with Crippen LogP contribution in [0.5, 0.6) is 0 Å². The highest BCUT2D eigenvalue weighted by molar-refractivity contribution is 5.00. The summed E-state index contributed by atoms with van der Waals surface area (Å²) in [4.78, 5) is 0. The van der Waals surface area contributed by atoms with Gasteiger partial charge in [-0.1, -0.05) is 19.4 Å². The number of nitrogens with zero attached hydrogens (tertiary/aromatic N) is 2. The first kappa shape index (κ1) is 11.0. The third-order valence-electron chi connectivity index (χ3n) is 2.43. The van der Waals surface area contributed by atoms with Crippen molar-refractivity contribution >= 4 is 0 Å². The molecular weight excluding hydrogens is 172 g/mol. The molecule has 0 radical (unpaired) electrons. The molecule has 0 aromatic carbocycles. The Morgan fingerprint density at radius 3 is 2.86 bits per heavy atom. The molecule has 1 aromatic rings. The van der Waals surface area contributed by atoms with E-state index in [1.165, 1.54) is 18.4 Å². The normalized spacial score (nSPS) is 12.7. The van der Waals surface area contributed by atoms with Crippen LogP contribution in [0.3, 0.4) is 0 Å². The van der Waals surface area contributed by atoms with Crippen molar-refractivity contribution in [3.8, 4) is 0 Å². The van der Waals surface area contributed by atoms with E-state index in [0.29, 0.717) is 6.04 Å². The summed E-state index contributed by atoms with van der Waals surface area (Å²) in [7, 11) is 0. The van der Waals surface area contributed by atoms with Gasteiger partial charge in [0.1, 0.15) is 0 Å². The molecule has 0 spiro atoms. The molecule has 1 unspecified atom stereocenters. The SMILES string of the molecule is C=CCCC(CCC)n1cc(C)cn1. The van der Waals surface area contributed by atoms with Crippen LogP contribution >= 0.6 is 0 Å². The van der Waals surface area contributed by atoms with Crippen molar-refractivity contribution in [1.29, 1.82) is 0 Å². The predicted octanol–water partition coefficient (Wildman–Crippen LogP) is 3.50. The average Bonchev–Trinajstić information content (AvgIpc) is 2.59. The summed E-state index contributed by atoms with van der Waals surface area (Å²) in [5.41, 5.74) is 1.24. The molecule has 0 aliphatic carbocycles. The lowest BCUT2D eigenvalue weighted by Crippen LogP contribution is -2.09. The highest BCUT2D eigenvalue weighted by Crippen LogP contribution is 2.19. The molecule has 0 saturated heterocycles. The van der Waals surface area contributed by atoms with Crippen LogP contribution in [0.25, 0.3) is 0 Å². The summed E-state index contributed by atoms with van der Waals surface area (Å²) < 4.78 is 2.10. The van der Waals surface area contributed by atoms with E-state index in [-0.39, 0.29) is 0 Å². The first-order valence-electron chi connectivity index (χ1n) is 5.39. The Kier molecular flexibility index (Phi) is 4.44. The van der Waals surface area contributed by atoms with E-state index in [1.807, 2.05) is 12.3 Å². The second-order valence-corrected chi connectivity index (χ2v) is 3.81. The van der Waals surface area contributed by atoms with Crippen LogP contribution < -0.4 is 0 Å². The van der Waals surface area contributed by atoms with Gasteiger partial charge in [0.15, 0.2) is 0 Å². The second-order valence-electron chi connectivity index (χ2n) is 3.81. The monoisotopic (exact) mass is 192 g/mol. The summed E-state index contributed by atoms with van der Waals surface area (Å²) in [6.45, 7) is 8.06. The van der Waals surface area contributed by atoms with Crippen molar-refractivity contribution in [2.45, 2.75) is 45.6 Å². The predicted molar refractivity (Wildman–Crippen MR) is 60.3 cm³/mol. The molecule has 1 aromatic heterocycles. The Bertz CT molecular complexity index is 276. The van der Waals surface area contributed by atoms with Gasteiger partial charge in [0, 0.05) is 6.20 Å². The molecule has 0 bridgehead atoms. The smallest absolute Gasteiger partial charge is 0.0522 e. The molecule has 2 heteroatoms. The molecule has 14 heavy (non-hydrogen) atoms. The summed E-state index contributed by atoms with van der Waals surface area (Å²) in [6, 6.07) is 0.548. The maximum absolute atomic E-state index is 4.37. The van der Waals surface area contributed by atoms with Crippen LogP contribution in [-0.4, -0.2) is 9.78 Å². The summed E-state index contributed by atoms with van der Waals surface area (Å²) in [6.07, 6.45) is 10.7. The molecule has 0 N–H and O–H groups in total. The van der Waals surface area contributed by atoms with Crippen LogP contribution in [0.15, 0.2) is 25.0 Å². The van der Waals surface area contributed by atoms with Gasteiger partial charge < -0.3 is 0 Å². The van der Waals surface area contributed by atoms with E-state index in [0.717, 1.165) is 12.8 Å². The zero-order valence-corrected chi connectivity index (χ0v) is 9.24. The lowest BCUT2D eigenvalue weighted by molar-refractivity contribution is 0.397. The van der Waals surface area contributed by atoms with Gasteiger partial charge in [-0.2, -0.15) is 5.10 Å². The minimum atomic E-state index is 0.548. The van der Waals surface area contributed by atoms with Gasteiger partial charge in [0.25, 0.3) is 0 Å². The molecule has 0 fully saturated rings. The van der Waals surface area contributed by atoms with E-state index < -0.39 is 0 Å². The van der Waals surface area contributed by atoms with Crippen LogP contribution in [0, 0.1) is 6.92 Å². The van der Waals surface area contributed by atoms with E-state index in [4.69, 9.17) is 0 Å². The Hall–Kier alpha value is -1.05. The van der Waals surface area contributed by atoms with Crippen molar-refractivity contribution in [1.82, 2.24) is 9.78 Å². The largest absolute Gasteiger partial charge is 0.269 e. The third kappa shape index (κ3) is 3.02. The van der Waals surface area contributed by atoms with E-state index >= 15 is 0 Å². The van der Waals surface area contributed by atoms with Gasteiger partial charge in [0.05, 0.1) is 12.2 Å². The average molecular weight is 192 g/mol. The Morgan fingerprint density at radius 1 is 1.57 bits per heavy atom. The highest BCUT2D eigenvalue weighted by Gasteiger charge is 2.09. The van der Waals surface area contributed by atoms with Crippen molar-refractivity contribution in [2.75, 3.05) is 0 Å². The summed E-state index contributed by atoms with van der Waals surface area (Å²) in [5, 5.41) is 4.37. The second kappa shape index (κ2) is 5.63. The highest BCUT2D eigenvalue weighted by atomic mass is 15.3. The van der Waals surface area contributed by atoms with Crippen LogP contribution in [-0.2, 0) is 0 Å². The topological polar surface area (TPSA) is 17.8 Å². The lowest BCUT2D eigenvalue weighted by atomic mass is 10.1. The van der Waals surface area contributed by atoms with Crippen molar-refractivity contribution in [3.05, 3.63) is 30.6 Å². The molecule has 1 heterocycles. The molecule has 1 atom stereocenters. The van der Waals surface area contributed by atoms with E-state index in [1.54, 1.807) is 0 Å². The fourth-order valence-corrected chi connectivity index (χ4v) is 1.69. The minimum Gasteiger partial charge on any atom is -0.269 e. The fraction of sp³-hybridized carbons (Fsp3) is 0.583. The number of allylic oxidation sites excluding steroid dienone is 1. The standard InChI is InChI=1S/C12H20N2/c1-4-6-8-12(7-5-2)14-10-11(3)9-13-14/h4,9-10,12H,1,5-8H2,2-3H3. The van der Waals surface area contributed by atoms with Crippen LogP contribution in [0.1, 0.15) is 44.2 Å². The molecule has 78 valence electrons. The van der Waals surface area contributed by atoms with Gasteiger partial charge in [-0.05, 0) is 31.7 Å². The Labute approximate surface area is 86.6 Å². The zero-order chi connectivity index (χ0) is 10.4. The molecule has 0 saturated carbocycles. The number of hydrogen-bond donors (Lipinski definition) is 0. The maximum Gasteiger partial charge on any atom is 0.0522 e. The van der Waals surface area contributed by atoms with Crippen LogP contribution in [0.4, 0.5) is 0 Å². The lowest BCUT2D eigenvalue weighted by Gasteiger charge is -2.15.